The number of esters is 2. The Morgan fingerprint density at radius 2 is 1.73 bits per heavy atom. The maximum atomic E-state index is 13.3. The Bertz CT molecular complexity index is 1600. The van der Waals surface area contributed by atoms with Gasteiger partial charge in [0.25, 0.3) is 5.56 Å². The smallest absolute Gasteiger partial charge is 0.341 e. The van der Waals surface area contributed by atoms with Crippen molar-refractivity contribution >= 4 is 45.8 Å². The van der Waals surface area contributed by atoms with Gasteiger partial charge in [-0.25, -0.2) is 14.2 Å². The second-order valence-electron chi connectivity index (χ2n) is 9.18. The Kier molecular flexibility index (Phi) is 8.63. The Morgan fingerprint density at radius 1 is 1.02 bits per heavy atom. The molecule has 1 aliphatic rings. The molecular formula is C27H28N4O8S. The minimum atomic E-state index is -1.11. The van der Waals surface area contributed by atoms with Gasteiger partial charge < -0.3 is 20.5 Å². The zero-order valence-corrected chi connectivity index (χ0v) is 22.8. The molecule has 2 aromatic heterocycles. The number of nitrogens with two attached hydrogens (primary N) is 1. The number of carbonyl (C=O) groups is 4. The molecule has 210 valence electrons. The van der Waals surface area contributed by atoms with Gasteiger partial charge in [-0.05, 0) is 36.8 Å². The van der Waals surface area contributed by atoms with Gasteiger partial charge in [-0.2, -0.15) is 0 Å². The van der Waals surface area contributed by atoms with Gasteiger partial charge in [-0.15, -0.1) is 11.3 Å². The van der Waals surface area contributed by atoms with Crippen LogP contribution in [0.1, 0.15) is 56.5 Å². The summed E-state index contributed by atoms with van der Waals surface area (Å²) in [6.45, 7) is -0.368. The van der Waals surface area contributed by atoms with E-state index >= 15 is 0 Å². The number of ketones is 1. The number of fused-ring (bicyclic) bond motifs is 1. The van der Waals surface area contributed by atoms with Crippen molar-refractivity contribution in [2.24, 2.45) is 0 Å². The molecule has 3 aromatic rings. The third-order valence-corrected chi connectivity index (χ3v) is 7.65. The molecule has 0 aliphatic heterocycles. The number of nitrogen functional groups attached to an aromatic ring is 1. The molecule has 2 heterocycles. The van der Waals surface area contributed by atoms with Crippen LogP contribution < -0.4 is 22.3 Å². The number of aryl methyl sites for hydroxylation is 1. The normalized spacial score (nSPS) is 12.3. The first-order valence-corrected chi connectivity index (χ1v) is 13.3. The van der Waals surface area contributed by atoms with Crippen molar-refractivity contribution in [3.8, 4) is 0 Å². The summed E-state index contributed by atoms with van der Waals surface area (Å²) < 4.78 is 11.5. The number of aromatic nitrogens is 2. The van der Waals surface area contributed by atoms with Crippen LogP contribution in [0.5, 0.6) is 0 Å². The molecule has 1 amide bonds. The third kappa shape index (κ3) is 5.88. The maximum Gasteiger partial charge on any atom is 0.341 e. The molecule has 4 rings (SSSR count). The summed E-state index contributed by atoms with van der Waals surface area (Å²) in [4.78, 5) is 77.4. The number of nitrogens with zero attached hydrogens (tertiary/aromatic N) is 2. The Labute approximate surface area is 232 Å². The molecule has 1 aliphatic carbocycles. The number of rotatable bonds is 9. The van der Waals surface area contributed by atoms with E-state index in [0.29, 0.717) is 21.6 Å². The fourth-order valence-corrected chi connectivity index (χ4v) is 5.86. The third-order valence-electron chi connectivity index (χ3n) is 6.44. The van der Waals surface area contributed by atoms with Crippen LogP contribution in [-0.4, -0.2) is 46.5 Å². The van der Waals surface area contributed by atoms with Gasteiger partial charge in [-0.3, -0.25) is 23.7 Å². The first-order chi connectivity index (χ1) is 19.1. The highest BCUT2D eigenvalue weighted by atomic mass is 32.1. The lowest BCUT2D eigenvalue weighted by Gasteiger charge is -2.16. The van der Waals surface area contributed by atoms with Crippen LogP contribution in [0.15, 0.2) is 39.9 Å². The molecule has 1 aromatic carbocycles. The summed E-state index contributed by atoms with van der Waals surface area (Å²) in [5, 5.41) is 3.00. The lowest BCUT2D eigenvalue weighted by molar-refractivity contribution is -0.141. The van der Waals surface area contributed by atoms with Crippen LogP contribution in [0.2, 0.25) is 0 Å². The van der Waals surface area contributed by atoms with E-state index < -0.39 is 53.5 Å². The number of thiophene rings is 1. The Balaban J connectivity index is 1.68. The van der Waals surface area contributed by atoms with Gasteiger partial charge in [0.1, 0.15) is 22.9 Å². The van der Waals surface area contributed by atoms with Crippen molar-refractivity contribution in [3.05, 3.63) is 78.3 Å². The summed E-state index contributed by atoms with van der Waals surface area (Å²) in [6, 6.07) is 8.70. The fraction of sp³-hybridized carbons (Fsp3) is 0.333. The molecule has 0 spiro atoms. The number of hydrogen-bond donors (Lipinski definition) is 2. The van der Waals surface area contributed by atoms with E-state index in [9.17, 15) is 28.8 Å². The van der Waals surface area contributed by atoms with Crippen molar-refractivity contribution < 1.29 is 28.7 Å². The SMILES string of the molecule is COC(=O)Cn1c(=O)c(C(=O)COC(=O)c2c(NC(C)=O)sc3c2CCCC3)c(N)n(Cc2ccccc2)c1=O. The topological polar surface area (TPSA) is 169 Å². The average molecular weight is 569 g/mol. The molecule has 0 unspecified atom stereocenters. The molecular weight excluding hydrogens is 540 g/mol. The Morgan fingerprint density at radius 3 is 2.40 bits per heavy atom. The summed E-state index contributed by atoms with van der Waals surface area (Å²) in [7, 11) is 1.09. The first-order valence-electron chi connectivity index (χ1n) is 12.5. The predicted molar refractivity (Wildman–Crippen MR) is 147 cm³/mol. The number of hydrogen-bond acceptors (Lipinski definition) is 10. The number of amides is 1. The number of ether oxygens (including phenoxy) is 2. The molecule has 0 saturated heterocycles. The number of nitrogens with one attached hydrogen (secondary N) is 1. The summed E-state index contributed by atoms with van der Waals surface area (Å²) in [6.07, 6.45) is 3.20. The first kappa shape index (κ1) is 28.5. The van der Waals surface area contributed by atoms with Crippen molar-refractivity contribution in [2.45, 2.75) is 45.7 Å². The highest BCUT2D eigenvalue weighted by Gasteiger charge is 2.29. The van der Waals surface area contributed by atoms with E-state index in [0.717, 1.165) is 41.4 Å². The number of methoxy groups -OCH3 is 1. The van der Waals surface area contributed by atoms with E-state index in [2.05, 4.69) is 10.1 Å². The molecule has 0 saturated carbocycles. The van der Waals surface area contributed by atoms with Crippen LogP contribution in [0.25, 0.3) is 0 Å². The highest BCUT2D eigenvalue weighted by Crippen LogP contribution is 2.38. The largest absolute Gasteiger partial charge is 0.468 e. The molecule has 40 heavy (non-hydrogen) atoms. The summed E-state index contributed by atoms with van der Waals surface area (Å²) in [5.74, 6) is -3.45. The van der Waals surface area contributed by atoms with Gasteiger partial charge >= 0.3 is 17.6 Å². The van der Waals surface area contributed by atoms with Crippen molar-refractivity contribution in [1.82, 2.24) is 9.13 Å². The van der Waals surface area contributed by atoms with Gasteiger partial charge in [0.2, 0.25) is 11.7 Å². The number of carbonyl (C=O) groups excluding carboxylic acids is 4. The molecule has 13 heteroatoms. The summed E-state index contributed by atoms with van der Waals surface area (Å²) in [5.41, 5.74) is 5.16. The molecule has 0 bridgehead atoms. The van der Waals surface area contributed by atoms with Crippen LogP contribution in [0.3, 0.4) is 0 Å². The number of anilines is 2. The Hall–Kier alpha value is -4.52. The van der Waals surface area contributed by atoms with Gasteiger partial charge in [0.15, 0.2) is 6.61 Å². The average Bonchev–Trinajstić information content (AvgIpc) is 3.29. The molecule has 12 nitrogen and oxygen atoms in total. The van der Waals surface area contributed by atoms with Crippen LogP contribution in [0.4, 0.5) is 10.8 Å². The van der Waals surface area contributed by atoms with Crippen molar-refractivity contribution in [1.29, 1.82) is 0 Å². The molecule has 3 N–H and O–H groups in total. The van der Waals surface area contributed by atoms with E-state index in [1.165, 1.54) is 18.3 Å². The summed E-state index contributed by atoms with van der Waals surface area (Å²) >= 11 is 1.30. The van der Waals surface area contributed by atoms with E-state index in [-0.39, 0.29) is 18.0 Å². The maximum absolute atomic E-state index is 13.3. The second kappa shape index (κ2) is 12.1. The zero-order chi connectivity index (χ0) is 29.0. The quantitative estimate of drug-likeness (QED) is 0.288. The monoisotopic (exact) mass is 568 g/mol. The van der Waals surface area contributed by atoms with Gasteiger partial charge in [-0.1, -0.05) is 30.3 Å². The second-order valence-corrected chi connectivity index (χ2v) is 10.3. The number of benzene rings is 1. The van der Waals surface area contributed by atoms with E-state index in [1.54, 1.807) is 30.3 Å². The van der Waals surface area contributed by atoms with Crippen LogP contribution in [0, 0.1) is 0 Å². The van der Waals surface area contributed by atoms with Crippen LogP contribution in [-0.2, 0) is 45.0 Å². The van der Waals surface area contributed by atoms with E-state index in [4.69, 9.17) is 10.5 Å². The fourth-order valence-electron chi connectivity index (χ4n) is 4.53. The minimum absolute atomic E-state index is 0.0891. The lowest BCUT2D eigenvalue weighted by atomic mass is 9.95. The van der Waals surface area contributed by atoms with Crippen molar-refractivity contribution in [3.63, 3.8) is 0 Å². The minimum Gasteiger partial charge on any atom is -0.468 e. The van der Waals surface area contributed by atoms with E-state index in [1.807, 2.05) is 0 Å². The van der Waals surface area contributed by atoms with Gasteiger partial charge in [0, 0.05) is 11.8 Å². The van der Waals surface area contributed by atoms with Gasteiger partial charge in [0.05, 0.1) is 19.2 Å². The van der Waals surface area contributed by atoms with Crippen molar-refractivity contribution in [2.75, 3.05) is 24.8 Å². The molecule has 0 fully saturated rings. The molecule has 0 radical (unpaired) electrons. The molecule has 0 atom stereocenters. The number of Topliss-reactive ketones (excluding diaryl/α,β-unsaturated/α-hetero) is 1. The standard InChI is InChI=1S/C27H28N4O8S/c1-15(32)29-24-21(17-10-6-7-11-19(17)40-24)26(36)39-14-18(33)22-23(28)30(12-16-8-4-3-5-9-16)27(37)31(25(22)35)13-20(34)38-2/h3-5,8-9H,6-7,10-14,28H2,1-2H3,(H,29,32). The van der Waals surface area contributed by atoms with Crippen LogP contribution >= 0.6 is 11.3 Å². The predicted octanol–water partition coefficient (Wildman–Crippen LogP) is 1.75. The lowest BCUT2D eigenvalue weighted by Crippen LogP contribution is -2.46. The zero-order valence-electron chi connectivity index (χ0n) is 22.0. The highest BCUT2D eigenvalue weighted by molar-refractivity contribution is 7.17.